The van der Waals surface area contributed by atoms with Gasteiger partial charge in [-0.15, -0.1) is 0 Å². The molecule has 0 unspecified atom stereocenters. The van der Waals surface area contributed by atoms with Crippen molar-refractivity contribution < 1.29 is 4.42 Å². The van der Waals surface area contributed by atoms with Crippen molar-refractivity contribution in [3.63, 3.8) is 0 Å². The highest BCUT2D eigenvalue weighted by Crippen LogP contribution is 1.78. The molecule has 8 heavy (non-hydrogen) atoms. The highest BCUT2D eigenvalue weighted by molar-refractivity contribution is 5.73. The van der Waals surface area contributed by atoms with Crippen LogP contribution in [0.2, 0.25) is 0 Å². The first-order valence-corrected chi connectivity index (χ1v) is 2.48. The lowest BCUT2D eigenvalue weighted by Crippen LogP contribution is -2.32. The average molecular weight is 117 g/mol. The Kier molecular flexibility index (Phi) is 2.99. The van der Waals surface area contributed by atoms with Crippen molar-refractivity contribution >= 4 is 6.03 Å². The standard InChI is InChI=1S/C5H13N2O/c1-6-5(8-4)7(2)3/h6H,1-4H3/q+1. The van der Waals surface area contributed by atoms with Crippen LogP contribution in [0.25, 0.3) is 0 Å². The first-order chi connectivity index (χ1) is 3.72. The van der Waals surface area contributed by atoms with Gasteiger partial charge in [0.15, 0.2) is 0 Å². The highest BCUT2D eigenvalue weighted by atomic mass is 16.4. The number of nitrogens with zero attached hydrogens (tertiary/aromatic N) is 1. The van der Waals surface area contributed by atoms with Gasteiger partial charge >= 0.3 is 6.03 Å². The Morgan fingerprint density at radius 3 is 2.00 bits per heavy atom. The Morgan fingerprint density at radius 2 is 2.00 bits per heavy atom. The van der Waals surface area contributed by atoms with Crippen LogP contribution in [0, 0.1) is 0 Å². The maximum atomic E-state index is 4.89. The fourth-order valence-electron chi connectivity index (χ4n) is 0.508. The van der Waals surface area contributed by atoms with Crippen LogP contribution in [-0.4, -0.2) is 39.2 Å². The van der Waals surface area contributed by atoms with Gasteiger partial charge in [-0.1, -0.05) is 0 Å². The van der Waals surface area contributed by atoms with E-state index in [-0.39, 0.29) is 0 Å². The summed E-state index contributed by atoms with van der Waals surface area (Å²) in [6.45, 7) is 0. The van der Waals surface area contributed by atoms with E-state index in [0.717, 1.165) is 6.03 Å². The van der Waals surface area contributed by atoms with Crippen molar-refractivity contribution in [2.45, 2.75) is 0 Å². The number of hydrogen-bond donors (Lipinski definition) is 1. The molecule has 0 fully saturated rings. The van der Waals surface area contributed by atoms with Crippen molar-refractivity contribution in [3.05, 3.63) is 0 Å². The fourth-order valence-corrected chi connectivity index (χ4v) is 0.508. The summed E-state index contributed by atoms with van der Waals surface area (Å²) >= 11 is 0. The van der Waals surface area contributed by atoms with Crippen molar-refractivity contribution in [2.24, 2.45) is 0 Å². The number of rotatable bonds is 0. The molecule has 0 saturated heterocycles. The predicted octanol–water partition coefficient (Wildman–Crippen LogP) is 0.0529. The Morgan fingerprint density at radius 1 is 1.50 bits per heavy atom. The quantitative estimate of drug-likeness (QED) is 0.434. The van der Waals surface area contributed by atoms with E-state index in [1.165, 1.54) is 0 Å². The van der Waals surface area contributed by atoms with E-state index in [1.807, 2.05) is 26.0 Å². The second-order valence-electron chi connectivity index (χ2n) is 1.65. The number of urea groups is 1. The maximum Gasteiger partial charge on any atom is 0.501 e. The van der Waals surface area contributed by atoms with Crippen LogP contribution >= 0.6 is 0 Å². The molecule has 0 rings (SSSR count). The van der Waals surface area contributed by atoms with Gasteiger partial charge in [-0.05, 0) is 0 Å². The smallest absolute Gasteiger partial charge is 0.293 e. The Labute approximate surface area is 50.0 Å². The molecule has 3 heteroatoms. The van der Waals surface area contributed by atoms with Gasteiger partial charge < -0.3 is 0 Å². The number of nitrogens with one attached hydrogen (secondary N) is 1. The minimum absolute atomic E-state index is 0.769. The molecule has 0 aromatic heterocycles. The summed E-state index contributed by atoms with van der Waals surface area (Å²) in [4.78, 5) is 1.86. The summed E-state index contributed by atoms with van der Waals surface area (Å²) in [5.41, 5.74) is 0. The van der Waals surface area contributed by atoms with Crippen LogP contribution in [0.15, 0.2) is 0 Å². The van der Waals surface area contributed by atoms with Gasteiger partial charge in [0.2, 0.25) is 0 Å². The average Bonchev–Trinajstić information content (AvgIpc) is 1.69. The van der Waals surface area contributed by atoms with Gasteiger partial charge in [-0.25, -0.2) is 4.42 Å². The summed E-state index contributed by atoms with van der Waals surface area (Å²) in [6.07, 6.45) is 0. The van der Waals surface area contributed by atoms with E-state index < -0.39 is 0 Å². The van der Waals surface area contributed by atoms with Crippen molar-refractivity contribution in [1.82, 2.24) is 10.2 Å². The zero-order chi connectivity index (χ0) is 6.57. The molecular weight excluding hydrogens is 104 g/mol. The Balaban J connectivity index is 3.72. The van der Waals surface area contributed by atoms with Crippen molar-refractivity contribution in [1.29, 1.82) is 0 Å². The summed E-state index contributed by atoms with van der Waals surface area (Å²) in [5.74, 6) is 0. The molecule has 48 valence electrons. The van der Waals surface area contributed by atoms with E-state index in [4.69, 9.17) is 4.42 Å². The molecular formula is C5H13N2O+. The summed E-state index contributed by atoms with van der Waals surface area (Å²) in [6, 6.07) is 0.769. The third-order valence-electron chi connectivity index (χ3n) is 0.813. The lowest BCUT2D eigenvalue weighted by Gasteiger charge is -2.02. The summed E-state index contributed by atoms with van der Waals surface area (Å²) in [7, 11) is 7.27. The first-order valence-electron chi connectivity index (χ1n) is 2.48. The second-order valence-corrected chi connectivity index (χ2v) is 1.65. The van der Waals surface area contributed by atoms with Gasteiger partial charge in [0.05, 0.1) is 0 Å². The van der Waals surface area contributed by atoms with Crippen LogP contribution in [-0.2, 0) is 0 Å². The number of amides is 2. The van der Waals surface area contributed by atoms with Gasteiger partial charge in [0.25, 0.3) is 7.11 Å². The van der Waals surface area contributed by atoms with Crippen LogP contribution < -0.4 is 5.32 Å². The van der Waals surface area contributed by atoms with Crippen LogP contribution in [0.4, 0.5) is 4.42 Å². The number of carbonyl (C=O) groups excluding carboxylic acids is 1. The number of hydrogen-bond acceptors (Lipinski definition) is 0. The molecule has 0 radical (unpaired) electrons. The van der Waals surface area contributed by atoms with Gasteiger partial charge in [0.1, 0.15) is 0 Å². The maximum absolute atomic E-state index is 4.89. The molecule has 0 saturated carbocycles. The van der Waals surface area contributed by atoms with Crippen LogP contribution in [0.5, 0.6) is 0 Å². The molecule has 0 aliphatic heterocycles. The SMILES string of the molecule is CNC(=[O+]C)N(C)C. The van der Waals surface area contributed by atoms with E-state index in [1.54, 1.807) is 7.11 Å². The topological polar surface area (TPSA) is 26.6 Å². The molecule has 0 aromatic rings. The van der Waals surface area contributed by atoms with Crippen molar-refractivity contribution in [3.8, 4) is 0 Å². The fraction of sp³-hybridized carbons (Fsp3) is 0.800. The molecule has 0 aliphatic carbocycles. The van der Waals surface area contributed by atoms with Gasteiger partial charge in [-0.2, -0.15) is 0 Å². The second kappa shape index (κ2) is 3.29. The lowest BCUT2D eigenvalue weighted by atomic mass is 10.8. The zero-order valence-corrected chi connectivity index (χ0v) is 5.86. The minimum Gasteiger partial charge on any atom is -0.293 e. The Hall–Kier alpha value is -0.730. The lowest BCUT2D eigenvalue weighted by molar-refractivity contribution is -0.0946. The van der Waals surface area contributed by atoms with Crippen LogP contribution in [0.1, 0.15) is 0 Å². The normalized spacial score (nSPS) is 11.2. The monoisotopic (exact) mass is 117 g/mol. The summed E-state index contributed by atoms with van der Waals surface area (Å²) < 4.78 is 4.89. The van der Waals surface area contributed by atoms with Gasteiger partial charge in [0, 0.05) is 21.1 Å². The van der Waals surface area contributed by atoms with Gasteiger partial charge in [-0.3, -0.25) is 10.2 Å². The molecule has 0 heterocycles. The molecule has 0 spiro atoms. The van der Waals surface area contributed by atoms with E-state index >= 15 is 0 Å². The van der Waals surface area contributed by atoms with E-state index in [2.05, 4.69) is 5.32 Å². The molecule has 2 amide bonds. The van der Waals surface area contributed by atoms with Crippen molar-refractivity contribution in [2.75, 3.05) is 28.3 Å². The largest absolute Gasteiger partial charge is 0.501 e. The zero-order valence-electron chi connectivity index (χ0n) is 5.86. The molecule has 0 aromatic carbocycles. The third kappa shape index (κ3) is 1.82. The molecule has 0 atom stereocenters. The molecule has 0 bridgehead atoms. The molecule has 0 aliphatic rings. The molecule has 1 N–H and O–H groups in total. The minimum atomic E-state index is 0.769. The first kappa shape index (κ1) is 7.27. The molecule has 3 nitrogen and oxygen atoms in total. The van der Waals surface area contributed by atoms with Crippen LogP contribution in [0.3, 0.4) is 0 Å². The van der Waals surface area contributed by atoms with E-state index in [0.29, 0.717) is 0 Å². The highest BCUT2D eigenvalue weighted by Gasteiger charge is 2.06. The van der Waals surface area contributed by atoms with E-state index in [9.17, 15) is 0 Å². The third-order valence-corrected chi connectivity index (χ3v) is 0.813. The Bertz CT molecular complexity index is 88.4. The summed E-state index contributed by atoms with van der Waals surface area (Å²) in [5, 5.41) is 2.87. The predicted molar refractivity (Wildman–Crippen MR) is 34.1 cm³/mol.